The van der Waals surface area contributed by atoms with E-state index >= 15 is 0 Å². The molecule has 1 aliphatic rings. The van der Waals surface area contributed by atoms with Crippen molar-refractivity contribution in [2.45, 2.75) is 0 Å². The molecule has 0 bridgehead atoms. The van der Waals surface area contributed by atoms with Gasteiger partial charge in [-0.2, -0.15) is 12.7 Å². The Balaban J connectivity index is 0.00000432. The molecule has 0 unspecified atom stereocenters. The van der Waals surface area contributed by atoms with Crippen molar-refractivity contribution in [3.63, 3.8) is 0 Å². The van der Waals surface area contributed by atoms with Gasteiger partial charge < -0.3 is 23.7 Å². The number of nitrogens with zero attached hydrogens (tertiary/aromatic N) is 5. The van der Waals surface area contributed by atoms with Crippen molar-refractivity contribution in [3.05, 3.63) is 213 Å². The topological polar surface area (TPSA) is 38.5 Å². The maximum atomic E-state index is 6.81. The predicted octanol–water partition coefficient (Wildman–Crippen LogP) is 13.7. The Morgan fingerprint density at radius 3 is 1.97 bits per heavy atom. The fraction of sp³-hybridized carbons (Fsp3) is 0.0182. The Hall–Kier alpha value is -7.40. The fourth-order valence-electron chi connectivity index (χ4n) is 9.02. The SMILES string of the molecule is CN1[CH-]N(c2[c-]c(Oc3[c-]c4c(c(-c5ccccc5)c3)c3ccccc3n4-c3cc4c(cn3)c3ccccc3n4-c3ccccc3)ccc2)c2ccc(-c3ccccc3)cc21.[Pt]. The smallest absolute Gasteiger partial charge is 0.137 e. The maximum Gasteiger partial charge on any atom is 0.137 e. The Labute approximate surface area is 373 Å². The third-order valence-electron chi connectivity index (χ3n) is 11.8. The number of ether oxygens (including phenoxy) is 1. The van der Waals surface area contributed by atoms with Crippen LogP contribution in [0.1, 0.15) is 0 Å². The molecular formula is C55H36N5OPt-3. The zero-order chi connectivity index (χ0) is 40.4. The van der Waals surface area contributed by atoms with E-state index in [4.69, 9.17) is 9.72 Å². The summed E-state index contributed by atoms with van der Waals surface area (Å²) in [5, 5.41) is 4.45. The van der Waals surface area contributed by atoms with Gasteiger partial charge in [0.15, 0.2) is 0 Å². The van der Waals surface area contributed by atoms with Gasteiger partial charge in [-0.25, -0.2) is 4.98 Å². The molecule has 1 aliphatic heterocycles. The Morgan fingerprint density at radius 1 is 0.516 bits per heavy atom. The van der Waals surface area contributed by atoms with Crippen molar-refractivity contribution in [1.82, 2.24) is 14.1 Å². The van der Waals surface area contributed by atoms with E-state index < -0.39 is 0 Å². The van der Waals surface area contributed by atoms with Crippen LogP contribution in [0.5, 0.6) is 11.5 Å². The molecule has 0 N–H and O–H groups in total. The van der Waals surface area contributed by atoms with E-state index in [1.54, 1.807) is 0 Å². The molecule has 62 heavy (non-hydrogen) atoms. The van der Waals surface area contributed by atoms with Gasteiger partial charge in [0.2, 0.25) is 0 Å². The average molecular weight is 978 g/mol. The summed E-state index contributed by atoms with van der Waals surface area (Å²) in [4.78, 5) is 9.51. The molecule has 0 saturated carbocycles. The zero-order valence-electron chi connectivity index (χ0n) is 33.5. The molecular weight excluding hydrogens is 942 g/mol. The van der Waals surface area contributed by atoms with Crippen molar-refractivity contribution in [1.29, 1.82) is 0 Å². The number of fused-ring (bicyclic) bond motifs is 7. The molecule has 3 aromatic heterocycles. The summed E-state index contributed by atoms with van der Waals surface area (Å²) in [6.07, 6.45) is 2.01. The van der Waals surface area contributed by atoms with E-state index in [1.807, 2.05) is 24.4 Å². The zero-order valence-corrected chi connectivity index (χ0v) is 35.8. The molecule has 12 rings (SSSR count). The quantitative estimate of drug-likeness (QED) is 0.149. The maximum absolute atomic E-state index is 6.81. The Morgan fingerprint density at radius 2 is 1.19 bits per heavy atom. The van der Waals surface area contributed by atoms with Crippen LogP contribution >= 0.6 is 0 Å². The van der Waals surface area contributed by atoms with E-state index in [2.05, 4.69) is 215 Å². The number of hydrogen-bond donors (Lipinski definition) is 0. The minimum atomic E-state index is 0. The first-order chi connectivity index (χ1) is 30.2. The molecule has 6 nitrogen and oxygen atoms in total. The van der Waals surface area contributed by atoms with Gasteiger partial charge in [-0.3, -0.25) is 0 Å². The number of hydrogen-bond acceptors (Lipinski definition) is 4. The van der Waals surface area contributed by atoms with E-state index in [1.165, 1.54) is 11.1 Å². The van der Waals surface area contributed by atoms with Gasteiger partial charge >= 0.3 is 0 Å². The second-order valence-electron chi connectivity index (χ2n) is 15.4. The second kappa shape index (κ2) is 15.3. The second-order valence-corrected chi connectivity index (χ2v) is 15.4. The molecule has 0 fully saturated rings. The summed E-state index contributed by atoms with van der Waals surface area (Å²) in [6, 6.07) is 72.9. The normalized spacial score (nSPS) is 12.3. The molecule has 4 heterocycles. The average Bonchev–Trinajstić information content (AvgIpc) is 3.96. The van der Waals surface area contributed by atoms with E-state index in [9.17, 15) is 0 Å². The number of para-hydroxylation sites is 3. The van der Waals surface area contributed by atoms with Crippen molar-refractivity contribution >= 4 is 60.7 Å². The molecule has 11 aromatic rings. The van der Waals surface area contributed by atoms with Crippen molar-refractivity contribution < 1.29 is 25.8 Å². The summed E-state index contributed by atoms with van der Waals surface area (Å²) >= 11 is 0. The van der Waals surface area contributed by atoms with Gasteiger partial charge in [-0.15, -0.1) is 41.6 Å². The fourth-order valence-corrected chi connectivity index (χ4v) is 9.02. The number of rotatable bonds is 7. The minimum Gasteiger partial charge on any atom is -0.509 e. The predicted molar refractivity (Wildman–Crippen MR) is 249 cm³/mol. The van der Waals surface area contributed by atoms with Crippen LogP contribution in [0.15, 0.2) is 194 Å². The summed E-state index contributed by atoms with van der Waals surface area (Å²) in [5.74, 6) is 1.97. The van der Waals surface area contributed by atoms with E-state index in [0.717, 1.165) is 83.3 Å². The van der Waals surface area contributed by atoms with Crippen LogP contribution in [-0.4, -0.2) is 21.2 Å². The van der Waals surface area contributed by atoms with Gasteiger partial charge in [-0.1, -0.05) is 132 Å². The molecule has 0 atom stereocenters. The van der Waals surface area contributed by atoms with Crippen LogP contribution < -0.4 is 14.5 Å². The van der Waals surface area contributed by atoms with Crippen LogP contribution in [0.2, 0.25) is 0 Å². The summed E-state index contributed by atoms with van der Waals surface area (Å²) in [7, 11) is 2.08. The van der Waals surface area contributed by atoms with Crippen LogP contribution in [-0.2, 0) is 21.1 Å². The number of aromatic nitrogens is 3. The van der Waals surface area contributed by atoms with Crippen molar-refractivity contribution in [2.24, 2.45) is 0 Å². The van der Waals surface area contributed by atoms with Crippen LogP contribution in [0.25, 0.3) is 77.4 Å². The first-order valence-corrected chi connectivity index (χ1v) is 20.4. The van der Waals surface area contributed by atoms with Gasteiger partial charge in [0.25, 0.3) is 0 Å². The molecule has 0 saturated heterocycles. The molecule has 7 heteroatoms. The van der Waals surface area contributed by atoms with E-state index in [-0.39, 0.29) is 21.1 Å². The molecule has 0 amide bonds. The molecule has 300 valence electrons. The largest absolute Gasteiger partial charge is 0.509 e. The molecule has 8 aromatic carbocycles. The molecule has 0 aliphatic carbocycles. The first kappa shape index (κ1) is 37.6. The summed E-state index contributed by atoms with van der Waals surface area (Å²) < 4.78 is 11.4. The van der Waals surface area contributed by atoms with Crippen LogP contribution in [0.3, 0.4) is 0 Å². The molecule has 0 spiro atoms. The summed E-state index contributed by atoms with van der Waals surface area (Å²) in [6.45, 7) is 2.10. The Kier molecular flexibility index (Phi) is 9.25. The monoisotopic (exact) mass is 977 g/mol. The van der Waals surface area contributed by atoms with Crippen LogP contribution in [0.4, 0.5) is 17.1 Å². The number of benzene rings is 8. The Bertz CT molecular complexity index is 3450. The van der Waals surface area contributed by atoms with Crippen LogP contribution in [0, 0.1) is 18.8 Å². The number of anilines is 3. The van der Waals surface area contributed by atoms with Crippen molar-refractivity contribution in [2.75, 3.05) is 16.8 Å². The van der Waals surface area contributed by atoms with Crippen molar-refractivity contribution in [3.8, 4) is 45.3 Å². The third-order valence-corrected chi connectivity index (χ3v) is 11.8. The standard InChI is InChI=1S/C55H36N5O.Pt/c1-57-36-58(50-29-28-39(30-52(50)57)37-16-5-2-6-17-37)41-22-15-23-42(31-41)61-43-32-46(38-18-7-3-8-19-38)55-45-25-12-14-27-49(45)60(53(55)33-43)54-34-51-47(35-56-54)44-24-11-13-26-48(44)59(51)40-20-9-4-10-21-40;/h2-30,32,34-36H,1H3;/q-3;. The number of pyridine rings is 1. The van der Waals surface area contributed by atoms with E-state index in [0.29, 0.717) is 11.5 Å². The third kappa shape index (κ3) is 6.17. The molecule has 0 radical (unpaired) electrons. The van der Waals surface area contributed by atoms with Gasteiger partial charge in [0, 0.05) is 78.2 Å². The van der Waals surface area contributed by atoms with Gasteiger partial charge in [0.05, 0.1) is 11.0 Å². The summed E-state index contributed by atoms with van der Waals surface area (Å²) in [5.41, 5.74) is 12.8. The van der Waals surface area contributed by atoms with Gasteiger partial charge in [0.1, 0.15) is 5.82 Å². The van der Waals surface area contributed by atoms with Gasteiger partial charge in [-0.05, 0) is 65.5 Å². The minimum absolute atomic E-state index is 0. The first-order valence-electron chi connectivity index (χ1n) is 20.4.